The molecule has 5 heteroatoms. The van der Waals surface area contributed by atoms with Crippen molar-refractivity contribution in [3.8, 4) is 0 Å². The van der Waals surface area contributed by atoms with Crippen molar-refractivity contribution in [1.29, 1.82) is 0 Å². The number of Topliss-reactive ketones (excluding diaryl/α,β-unsaturated/α-hetero) is 1. The van der Waals surface area contributed by atoms with Crippen molar-refractivity contribution in [3.05, 3.63) is 23.9 Å². The van der Waals surface area contributed by atoms with Crippen LogP contribution in [0.25, 0.3) is 0 Å². The lowest BCUT2D eigenvalue weighted by Gasteiger charge is -2.01. The molecule has 86 valence electrons. The van der Waals surface area contributed by atoms with E-state index in [0.29, 0.717) is 17.7 Å². The molecular formula is C11H13NO3S. The van der Waals surface area contributed by atoms with Crippen molar-refractivity contribution in [2.75, 3.05) is 12.9 Å². The summed E-state index contributed by atoms with van der Waals surface area (Å²) in [5, 5.41) is 0.747. The first-order valence-electron chi connectivity index (χ1n) is 4.80. The van der Waals surface area contributed by atoms with Gasteiger partial charge in [-0.25, -0.2) is 4.98 Å². The second-order valence-electron chi connectivity index (χ2n) is 3.11. The van der Waals surface area contributed by atoms with Crippen LogP contribution in [0.5, 0.6) is 0 Å². The van der Waals surface area contributed by atoms with Gasteiger partial charge in [0.25, 0.3) is 0 Å². The fourth-order valence-electron chi connectivity index (χ4n) is 1.05. The standard InChI is InChI=1S/C11H13NO3S/c1-8(13)9-3-5-12-10(7-9)16-6-4-11(14)15-2/h3,5,7H,4,6H2,1-2H3. The predicted molar refractivity (Wildman–Crippen MR) is 61.6 cm³/mol. The molecule has 1 rings (SSSR count). The molecule has 0 saturated carbocycles. The normalized spacial score (nSPS) is 9.88. The third-order valence-electron chi connectivity index (χ3n) is 1.93. The van der Waals surface area contributed by atoms with E-state index < -0.39 is 0 Å². The van der Waals surface area contributed by atoms with Crippen LogP contribution in [0.3, 0.4) is 0 Å². The first-order valence-corrected chi connectivity index (χ1v) is 5.78. The number of nitrogens with zero attached hydrogens (tertiary/aromatic N) is 1. The number of thioether (sulfide) groups is 1. The molecule has 0 radical (unpaired) electrons. The summed E-state index contributed by atoms with van der Waals surface area (Å²) in [6, 6.07) is 3.40. The molecule has 0 aliphatic carbocycles. The van der Waals surface area contributed by atoms with Gasteiger partial charge in [0.2, 0.25) is 0 Å². The minimum atomic E-state index is -0.241. The van der Waals surface area contributed by atoms with E-state index in [1.165, 1.54) is 25.8 Å². The Bertz CT molecular complexity index is 393. The van der Waals surface area contributed by atoms with Crippen LogP contribution >= 0.6 is 11.8 Å². The number of ether oxygens (including phenoxy) is 1. The van der Waals surface area contributed by atoms with Gasteiger partial charge in [-0.3, -0.25) is 9.59 Å². The quantitative estimate of drug-likeness (QED) is 0.446. The SMILES string of the molecule is COC(=O)CCSc1cc(C(C)=O)ccn1. The summed E-state index contributed by atoms with van der Waals surface area (Å²) >= 11 is 1.43. The van der Waals surface area contributed by atoms with Crippen molar-refractivity contribution in [2.24, 2.45) is 0 Å². The van der Waals surface area contributed by atoms with Gasteiger partial charge in [0.1, 0.15) is 0 Å². The second-order valence-corrected chi connectivity index (χ2v) is 4.23. The van der Waals surface area contributed by atoms with Gasteiger partial charge in [-0.05, 0) is 19.1 Å². The maximum atomic E-state index is 11.1. The molecule has 0 aliphatic heterocycles. The lowest BCUT2D eigenvalue weighted by Crippen LogP contribution is -2.01. The van der Waals surface area contributed by atoms with Crippen LogP contribution in [0, 0.1) is 0 Å². The molecule has 0 atom stereocenters. The Morgan fingerprint density at radius 3 is 2.88 bits per heavy atom. The van der Waals surface area contributed by atoms with E-state index in [-0.39, 0.29) is 11.8 Å². The van der Waals surface area contributed by atoms with Gasteiger partial charge >= 0.3 is 5.97 Å². The maximum Gasteiger partial charge on any atom is 0.306 e. The van der Waals surface area contributed by atoms with Crippen LogP contribution in [0.1, 0.15) is 23.7 Å². The molecule has 0 bridgehead atoms. The molecule has 1 aromatic heterocycles. The topological polar surface area (TPSA) is 56.3 Å². The van der Waals surface area contributed by atoms with Crippen LogP contribution in [-0.2, 0) is 9.53 Å². The molecule has 1 aromatic rings. The Labute approximate surface area is 98.4 Å². The van der Waals surface area contributed by atoms with Gasteiger partial charge in [-0.1, -0.05) is 0 Å². The van der Waals surface area contributed by atoms with E-state index in [1.807, 2.05) is 0 Å². The van der Waals surface area contributed by atoms with Crippen molar-refractivity contribution in [2.45, 2.75) is 18.4 Å². The summed E-state index contributed by atoms with van der Waals surface area (Å²) in [7, 11) is 1.36. The van der Waals surface area contributed by atoms with Crippen LogP contribution in [-0.4, -0.2) is 29.6 Å². The Morgan fingerprint density at radius 2 is 2.25 bits per heavy atom. The number of carbonyl (C=O) groups excluding carboxylic acids is 2. The average molecular weight is 239 g/mol. The summed E-state index contributed by atoms with van der Waals surface area (Å²) in [4.78, 5) is 26.1. The number of pyridine rings is 1. The predicted octanol–water partition coefficient (Wildman–Crippen LogP) is 1.94. The molecule has 4 nitrogen and oxygen atoms in total. The van der Waals surface area contributed by atoms with Crippen LogP contribution in [0.4, 0.5) is 0 Å². The number of esters is 1. The Balaban J connectivity index is 2.51. The van der Waals surface area contributed by atoms with Gasteiger partial charge in [-0.2, -0.15) is 0 Å². The molecule has 0 fully saturated rings. The highest BCUT2D eigenvalue weighted by Crippen LogP contribution is 2.17. The van der Waals surface area contributed by atoms with E-state index in [0.717, 1.165) is 5.03 Å². The van der Waals surface area contributed by atoms with E-state index in [2.05, 4.69) is 9.72 Å². The zero-order chi connectivity index (χ0) is 12.0. The molecule has 0 unspecified atom stereocenters. The van der Waals surface area contributed by atoms with Crippen molar-refractivity contribution < 1.29 is 14.3 Å². The average Bonchev–Trinajstić information content (AvgIpc) is 2.29. The third kappa shape index (κ3) is 4.02. The highest BCUT2D eigenvalue weighted by atomic mass is 32.2. The van der Waals surface area contributed by atoms with Gasteiger partial charge < -0.3 is 4.74 Å². The van der Waals surface area contributed by atoms with Crippen LogP contribution < -0.4 is 0 Å². The number of carbonyl (C=O) groups is 2. The molecule has 1 heterocycles. The number of hydrogen-bond donors (Lipinski definition) is 0. The molecule has 0 saturated heterocycles. The molecule has 0 aliphatic rings. The molecule has 0 spiro atoms. The minimum Gasteiger partial charge on any atom is -0.469 e. The Morgan fingerprint density at radius 1 is 1.50 bits per heavy atom. The largest absolute Gasteiger partial charge is 0.469 e. The zero-order valence-corrected chi connectivity index (χ0v) is 10.0. The Kier molecular flexibility index (Phi) is 4.98. The van der Waals surface area contributed by atoms with Gasteiger partial charge in [0.05, 0.1) is 18.6 Å². The van der Waals surface area contributed by atoms with Gasteiger partial charge in [0.15, 0.2) is 5.78 Å². The number of aromatic nitrogens is 1. The molecule has 0 N–H and O–H groups in total. The summed E-state index contributed by atoms with van der Waals surface area (Å²) in [6.07, 6.45) is 1.93. The van der Waals surface area contributed by atoms with Gasteiger partial charge in [0, 0.05) is 17.5 Å². The lowest BCUT2D eigenvalue weighted by atomic mass is 10.2. The Hall–Kier alpha value is -1.36. The molecule has 0 aromatic carbocycles. The maximum absolute atomic E-state index is 11.1. The molecule has 16 heavy (non-hydrogen) atoms. The number of ketones is 1. The van der Waals surface area contributed by atoms with Crippen LogP contribution in [0.15, 0.2) is 23.4 Å². The van der Waals surface area contributed by atoms with E-state index in [4.69, 9.17) is 0 Å². The first kappa shape index (κ1) is 12.7. The smallest absolute Gasteiger partial charge is 0.306 e. The summed E-state index contributed by atoms with van der Waals surface area (Å²) in [6.45, 7) is 1.51. The number of hydrogen-bond acceptors (Lipinski definition) is 5. The number of rotatable bonds is 5. The second kappa shape index (κ2) is 6.27. The van der Waals surface area contributed by atoms with Gasteiger partial charge in [-0.15, -0.1) is 11.8 Å². The van der Waals surface area contributed by atoms with Crippen molar-refractivity contribution in [1.82, 2.24) is 4.98 Å². The monoisotopic (exact) mass is 239 g/mol. The fourth-order valence-corrected chi connectivity index (χ4v) is 1.87. The highest BCUT2D eigenvalue weighted by molar-refractivity contribution is 7.99. The van der Waals surface area contributed by atoms with E-state index in [1.54, 1.807) is 18.3 Å². The van der Waals surface area contributed by atoms with Crippen LogP contribution in [0.2, 0.25) is 0 Å². The first-order chi connectivity index (χ1) is 7.63. The van der Waals surface area contributed by atoms with Crippen molar-refractivity contribution >= 4 is 23.5 Å². The minimum absolute atomic E-state index is 0.0113. The zero-order valence-electron chi connectivity index (χ0n) is 9.23. The molecular weight excluding hydrogens is 226 g/mol. The molecule has 0 amide bonds. The summed E-state index contributed by atoms with van der Waals surface area (Å²) in [5.41, 5.74) is 0.635. The third-order valence-corrected chi connectivity index (χ3v) is 2.85. The lowest BCUT2D eigenvalue weighted by molar-refractivity contribution is -0.140. The summed E-state index contributed by atoms with van der Waals surface area (Å²) in [5.74, 6) is 0.369. The fraction of sp³-hybridized carbons (Fsp3) is 0.364. The van der Waals surface area contributed by atoms with E-state index in [9.17, 15) is 9.59 Å². The van der Waals surface area contributed by atoms with Crippen molar-refractivity contribution in [3.63, 3.8) is 0 Å². The summed E-state index contributed by atoms with van der Waals surface area (Å²) < 4.78 is 4.52. The highest BCUT2D eigenvalue weighted by Gasteiger charge is 2.04. The van der Waals surface area contributed by atoms with E-state index >= 15 is 0 Å². The number of methoxy groups -OCH3 is 1.